The normalized spacial score (nSPS) is 22.7. The van der Waals surface area contributed by atoms with Gasteiger partial charge in [0.25, 0.3) is 0 Å². The number of hydrogen-bond acceptors (Lipinski definition) is 7. The molecule has 0 radical (unpaired) electrons. The van der Waals surface area contributed by atoms with Crippen molar-refractivity contribution in [3.63, 3.8) is 0 Å². The van der Waals surface area contributed by atoms with E-state index < -0.39 is 12.6 Å². The summed E-state index contributed by atoms with van der Waals surface area (Å²) >= 11 is 2.80. The fourth-order valence-corrected chi connectivity index (χ4v) is 6.41. The summed E-state index contributed by atoms with van der Waals surface area (Å²) in [5.74, 6) is 1.31. The molecule has 0 amide bonds. The molecule has 0 N–H and O–H groups in total. The third-order valence-electron chi connectivity index (χ3n) is 6.02. The summed E-state index contributed by atoms with van der Waals surface area (Å²) in [6.45, 7) is 5.73. The average molecular weight is 454 g/mol. The predicted octanol–water partition coefficient (Wildman–Crippen LogP) is 4.66. The third-order valence-corrected chi connectivity index (χ3v) is 7.88. The molecule has 0 bridgehead atoms. The Morgan fingerprint density at radius 2 is 2.07 bits per heavy atom. The van der Waals surface area contributed by atoms with Crippen LogP contribution in [0.2, 0.25) is 0 Å². The van der Waals surface area contributed by atoms with Crippen LogP contribution >= 0.6 is 22.7 Å². The van der Waals surface area contributed by atoms with Gasteiger partial charge in [-0.15, -0.1) is 22.7 Å². The molecule has 2 aliphatic heterocycles. The van der Waals surface area contributed by atoms with Crippen LogP contribution in [-0.2, 0) is 13.0 Å². The van der Waals surface area contributed by atoms with Crippen molar-refractivity contribution in [2.24, 2.45) is 5.92 Å². The number of fused-ring (bicyclic) bond motifs is 2. The Morgan fingerprint density at radius 1 is 1.20 bits per heavy atom. The van der Waals surface area contributed by atoms with E-state index in [0.717, 1.165) is 72.3 Å². The van der Waals surface area contributed by atoms with Crippen LogP contribution in [0.4, 0.5) is 19.0 Å². The van der Waals surface area contributed by atoms with E-state index in [4.69, 9.17) is 0 Å². The lowest BCUT2D eigenvalue weighted by Crippen LogP contribution is -2.46. The molecule has 2 saturated heterocycles. The van der Waals surface area contributed by atoms with Crippen molar-refractivity contribution < 1.29 is 13.2 Å². The minimum Gasteiger partial charge on any atom is -0.356 e. The van der Waals surface area contributed by atoms with Crippen molar-refractivity contribution in [1.29, 1.82) is 0 Å². The topological polar surface area (TPSA) is 45.2 Å². The van der Waals surface area contributed by atoms with Gasteiger partial charge in [-0.1, -0.05) is 0 Å². The average Bonchev–Trinajstić information content (AvgIpc) is 3.38. The molecule has 0 saturated carbocycles. The molecule has 0 aromatic carbocycles. The number of alkyl halides is 3. The van der Waals surface area contributed by atoms with Crippen molar-refractivity contribution >= 4 is 38.7 Å². The standard InChI is InChI=1S/C20H22F3N5S2/c1-12-26-14(10-29-12)9-27-4-2-13-8-28(5-3-17(13)27)18-16-6-15(7-20(21,22)23)30-19(16)25-11-24-18/h6,10-11,13,17H,2-5,7-9H2,1H3/t13-,17+/m0/s1. The molecular formula is C20H22F3N5S2. The highest BCUT2D eigenvalue weighted by molar-refractivity contribution is 7.18. The highest BCUT2D eigenvalue weighted by Crippen LogP contribution is 2.38. The molecule has 2 aliphatic rings. The lowest BCUT2D eigenvalue weighted by Gasteiger charge is -2.38. The number of likely N-dealkylation sites (tertiary alicyclic amines) is 1. The van der Waals surface area contributed by atoms with Gasteiger partial charge in [-0.2, -0.15) is 13.2 Å². The molecule has 0 spiro atoms. The maximum absolute atomic E-state index is 12.8. The maximum Gasteiger partial charge on any atom is 0.393 e. The van der Waals surface area contributed by atoms with E-state index in [0.29, 0.717) is 21.7 Å². The molecule has 3 aromatic heterocycles. The summed E-state index contributed by atoms with van der Waals surface area (Å²) < 4.78 is 38.5. The van der Waals surface area contributed by atoms with Gasteiger partial charge >= 0.3 is 6.18 Å². The van der Waals surface area contributed by atoms with Gasteiger partial charge in [-0.05, 0) is 38.3 Å². The van der Waals surface area contributed by atoms with Gasteiger partial charge in [0.1, 0.15) is 17.0 Å². The Morgan fingerprint density at radius 3 is 2.83 bits per heavy atom. The number of thiophene rings is 1. The summed E-state index contributed by atoms with van der Waals surface area (Å²) in [6, 6.07) is 2.16. The van der Waals surface area contributed by atoms with Crippen molar-refractivity contribution in [2.45, 2.75) is 44.9 Å². The van der Waals surface area contributed by atoms with Gasteiger partial charge < -0.3 is 4.90 Å². The molecule has 30 heavy (non-hydrogen) atoms. The molecule has 0 aliphatic carbocycles. The zero-order chi connectivity index (χ0) is 20.9. The number of anilines is 1. The summed E-state index contributed by atoms with van der Waals surface area (Å²) in [5, 5.41) is 3.99. The number of rotatable bonds is 4. The first-order valence-electron chi connectivity index (χ1n) is 10.1. The molecule has 5 nitrogen and oxygen atoms in total. The Kier molecular flexibility index (Phi) is 5.19. The first-order valence-corrected chi connectivity index (χ1v) is 11.8. The van der Waals surface area contributed by atoms with Gasteiger partial charge in [-0.25, -0.2) is 15.0 Å². The molecule has 3 aromatic rings. The monoisotopic (exact) mass is 453 g/mol. The molecule has 10 heteroatoms. The number of piperidine rings is 1. The number of aromatic nitrogens is 3. The second-order valence-corrected chi connectivity index (χ2v) is 10.3. The van der Waals surface area contributed by atoms with Gasteiger partial charge in [0.05, 0.1) is 22.5 Å². The number of halogens is 3. The number of thiazole rings is 1. The fourth-order valence-electron chi connectivity index (χ4n) is 4.79. The van der Waals surface area contributed by atoms with Crippen molar-refractivity contribution in [2.75, 3.05) is 24.5 Å². The Bertz CT molecular complexity index is 1050. The molecule has 160 valence electrons. The zero-order valence-corrected chi connectivity index (χ0v) is 18.2. The highest BCUT2D eigenvalue weighted by atomic mass is 32.1. The van der Waals surface area contributed by atoms with E-state index in [9.17, 15) is 13.2 Å². The Labute approximate surface area is 180 Å². The van der Waals surface area contributed by atoms with Crippen LogP contribution in [0.3, 0.4) is 0 Å². The minimum atomic E-state index is -4.21. The fraction of sp³-hybridized carbons (Fsp3) is 0.550. The van der Waals surface area contributed by atoms with Crippen LogP contribution in [0, 0.1) is 12.8 Å². The van der Waals surface area contributed by atoms with E-state index in [1.54, 1.807) is 17.4 Å². The molecular weight excluding hydrogens is 431 g/mol. The maximum atomic E-state index is 12.8. The second-order valence-electron chi connectivity index (χ2n) is 8.10. The van der Waals surface area contributed by atoms with Gasteiger partial charge in [0.15, 0.2) is 0 Å². The summed E-state index contributed by atoms with van der Waals surface area (Å²) in [7, 11) is 0. The lowest BCUT2D eigenvalue weighted by atomic mass is 9.92. The minimum absolute atomic E-state index is 0.291. The molecule has 5 rings (SSSR count). The molecule has 5 heterocycles. The van der Waals surface area contributed by atoms with Crippen molar-refractivity contribution in [1.82, 2.24) is 19.9 Å². The summed E-state index contributed by atoms with van der Waals surface area (Å²) in [6.07, 6.45) is -1.50. The van der Waals surface area contributed by atoms with Crippen LogP contribution < -0.4 is 4.90 Å². The third kappa shape index (κ3) is 4.04. The molecule has 2 fully saturated rings. The van der Waals surface area contributed by atoms with E-state index in [2.05, 4.69) is 30.1 Å². The smallest absolute Gasteiger partial charge is 0.356 e. The van der Waals surface area contributed by atoms with E-state index in [1.807, 2.05) is 6.92 Å². The molecule has 2 atom stereocenters. The van der Waals surface area contributed by atoms with Crippen LogP contribution in [0.1, 0.15) is 28.4 Å². The lowest BCUT2D eigenvalue weighted by molar-refractivity contribution is -0.126. The van der Waals surface area contributed by atoms with Crippen LogP contribution in [0.25, 0.3) is 10.2 Å². The first-order chi connectivity index (χ1) is 14.4. The summed E-state index contributed by atoms with van der Waals surface area (Å²) in [4.78, 5) is 19.0. The van der Waals surface area contributed by atoms with E-state index in [1.165, 1.54) is 6.33 Å². The van der Waals surface area contributed by atoms with E-state index >= 15 is 0 Å². The van der Waals surface area contributed by atoms with Crippen molar-refractivity contribution in [3.8, 4) is 0 Å². The van der Waals surface area contributed by atoms with Gasteiger partial charge in [-0.3, -0.25) is 4.90 Å². The quantitative estimate of drug-likeness (QED) is 0.575. The summed E-state index contributed by atoms with van der Waals surface area (Å²) in [5.41, 5.74) is 1.15. The number of aryl methyl sites for hydroxylation is 1. The van der Waals surface area contributed by atoms with E-state index in [-0.39, 0.29) is 0 Å². The van der Waals surface area contributed by atoms with Crippen LogP contribution in [0.5, 0.6) is 0 Å². The first kappa shape index (κ1) is 20.1. The van der Waals surface area contributed by atoms with Crippen molar-refractivity contribution in [3.05, 3.63) is 33.4 Å². The Hall–Kier alpha value is -1.78. The van der Waals surface area contributed by atoms with Gasteiger partial charge in [0, 0.05) is 35.9 Å². The van der Waals surface area contributed by atoms with Gasteiger partial charge in [0.2, 0.25) is 0 Å². The zero-order valence-electron chi connectivity index (χ0n) is 16.5. The number of nitrogens with zero attached hydrogens (tertiary/aromatic N) is 5. The highest BCUT2D eigenvalue weighted by Gasteiger charge is 2.39. The molecule has 0 unspecified atom stereocenters. The second kappa shape index (κ2) is 7.72. The SMILES string of the molecule is Cc1nc(CN2CC[C@H]3CN(c4ncnc5sc(CC(F)(F)F)cc45)CC[C@H]32)cs1. The largest absolute Gasteiger partial charge is 0.393 e. The number of hydrogen-bond donors (Lipinski definition) is 0. The Balaban J connectivity index is 1.32. The van der Waals surface area contributed by atoms with Crippen LogP contribution in [-0.4, -0.2) is 51.7 Å². The predicted molar refractivity (Wildman–Crippen MR) is 113 cm³/mol. The van der Waals surface area contributed by atoms with Crippen LogP contribution in [0.15, 0.2) is 17.8 Å².